The topological polar surface area (TPSA) is 72.9 Å². The third kappa shape index (κ3) is 2.32. The third-order valence-electron chi connectivity index (χ3n) is 2.21. The van der Waals surface area contributed by atoms with E-state index in [9.17, 15) is 4.79 Å². The van der Waals surface area contributed by atoms with Crippen molar-refractivity contribution in [1.82, 2.24) is 14.9 Å². The Morgan fingerprint density at radius 2 is 2.43 bits per heavy atom. The van der Waals surface area contributed by atoms with Crippen LogP contribution < -0.4 is 11.1 Å². The van der Waals surface area contributed by atoms with Crippen molar-refractivity contribution in [3.05, 3.63) is 18.7 Å². The molecule has 0 saturated heterocycles. The molecule has 1 amide bonds. The van der Waals surface area contributed by atoms with Crippen LogP contribution in [0.2, 0.25) is 0 Å². The molecule has 0 spiro atoms. The van der Waals surface area contributed by atoms with E-state index in [2.05, 4.69) is 10.3 Å². The summed E-state index contributed by atoms with van der Waals surface area (Å²) < 4.78 is 1.86. The predicted octanol–water partition coefficient (Wildman–Crippen LogP) is -0.0925. The average Bonchev–Trinajstić information content (AvgIpc) is 2.65. The molecule has 2 atom stereocenters. The summed E-state index contributed by atoms with van der Waals surface area (Å²) in [5.41, 5.74) is 5.29. The summed E-state index contributed by atoms with van der Waals surface area (Å²) in [6.07, 6.45) is 5.18. The predicted molar refractivity (Wildman–Crippen MR) is 53.6 cm³/mol. The van der Waals surface area contributed by atoms with Gasteiger partial charge in [-0.05, 0) is 13.5 Å². The minimum absolute atomic E-state index is 0.0186. The minimum atomic E-state index is -0.353. The number of nitrogens with one attached hydrogen (secondary N) is 1. The number of hydrogen-bond donors (Lipinski definition) is 2. The molecule has 0 aliphatic rings. The Balaban J connectivity index is 2.73. The number of imidazole rings is 1. The molecular formula is C9H16N4O. The van der Waals surface area contributed by atoms with E-state index in [1.807, 2.05) is 24.6 Å². The Bertz CT molecular complexity index is 283. The maximum absolute atomic E-state index is 11.2. The molecular weight excluding hydrogens is 180 g/mol. The largest absolute Gasteiger partial charge is 0.368 e. The molecule has 0 radical (unpaired) electrons. The molecule has 5 heteroatoms. The lowest BCUT2D eigenvalue weighted by atomic mass is 10.1. The molecule has 1 aromatic heterocycles. The summed E-state index contributed by atoms with van der Waals surface area (Å²) in [6.45, 7) is 4.59. The van der Waals surface area contributed by atoms with Gasteiger partial charge in [-0.15, -0.1) is 0 Å². The van der Waals surface area contributed by atoms with Gasteiger partial charge in [-0.3, -0.25) is 4.79 Å². The number of amides is 1. The molecule has 0 aliphatic carbocycles. The number of nitrogens with two attached hydrogens (primary N) is 1. The molecule has 1 rings (SSSR count). The normalized spacial score (nSPS) is 15.0. The summed E-state index contributed by atoms with van der Waals surface area (Å²) in [5.74, 6) is -0.340. The van der Waals surface area contributed by atoms with E-state index in [1.165, 1.54) is 0 Å². The fraction of sp³-hybridized carbons (Fsp3) is 0.556. The van der Waals surface area contributed by atoms with Gasteiger partial charge in [-0.25, -0.2) is 4.98 Å². The maximum atomic E-state index is 11.2. The highest BCUT2D eigenvalue weighted by molar-refractivity contribution is 5.80. The molecule has 3 N–H and O–H groups in total. The quantitative estimate of drug-likeness (QED) is 0.691. The van der Waals surface area contributed by atoms with E-state index in [0.29, 0.717) is 6.54 Å². The van der Waals surface area contributed by atoms with Crippen LogP contribution >= 0.6 is 0 Å². The Labute approximate surface area is 83.3 Å². The zero-order valence-corrected chi connectivity index (χ0v) is 8.47. The Hall–Kier alpha value is -1.36. The minimum Gasteiger partial charge on any atom is -0.368 e. The second-order valence-electron chi connectivity index (χ2n) is 3.19. The van der Waals surface area contributed by atoms with Crippen LogP contribution in [-0.4, -0.2) is 28.0 Å². The number of carbonyl (C=O) groups is 1. The van der Waals surface area contributed by atoms with E-state index in [-0.39, 0.29) is 18.0 Å². The lowest BCUT2D eigenvalue weighted by molar-refractivity contribution is -0.120. The Kier molecular flexibility index (Phi) is 3.64. The first kappa shape index (κ1) is 10.7. The van der Waals surface area contributed by atoms with Crippen molar-refractivity contribution >= 4 is 5.91 Å². The summed E-state index contributed by atoms with van der Waals surface area (Å²) in [5, 5.41) is 3.05. The van der Waals surface area contributed by atoms with Crippen LogP contribution in [0.3, 0.4) is 0 Å². The molecule has 78 valence electrons. The zero-order chi connectivity index (χ0) is 10.6. The number of primary amides is 1. The van der Waals surface area contributed by atoms with Crippen LogP contribution in [0, 0.1) is 0 Å². The molecule has 1 heterocycles. The number of aromatic nitrogens is 2. The van der Waals surface area contributed by atoms with Gasteiger partial charge in [0.25, 0.3) is 0 Å². The van der Waals surface area contributed by atoms with Gasteiger partial charge in [-0.2, -0.15) is 0 Å². The van der Waals surface area contributed by atoms with Gasteiger partial charge in [0.1, 0.15) is 6.04 Å². The van der Waals surface area contributed by atoms with Crippen molar-refractivity contribution < 1.29 is 4.79 Å². The SMILES string of the molecule is CCNC(C(N)=O)C(C)n1ccnc1. The van der Waals surface area contributed by atoms with Crippen LogP contribution in [0.15, 0.2) is 18.7 Å². The smallest absolute Gasteiger partial charge is 0.236 e. The van der Waals surface area contributed by atoms with Crippen LogP contribution in [0.4, 0.5) is 0 Å². The van der Waals surface area contributed by atoms with Gasteiger partial charge in [0.2, 0.25) is 5.91 Å². The van der Waals surface area contributed by atoms with Crippen molar-refractivity contribution in [2.24, 2.45) is 5.73 Å². The van der Waals surface area contributed by atoms with Crippen LogP contribution in [-0.2, 0) is 4.79 Å². The molecule has 0 bridgehead atoms. The van der Waals surface area contributed by atoms with Gasteiger partial charge >= 0.3 is 0 Å². The van der Waals surface area contributed by atoms with Crippen LogP contribution in [0.25, 0.3) is 0 Å². The van der Waals surface area contributed by atoms with Crippen LogP contribution in [0.5, 0.6) is 0 Å². The average molecular weight is 196 g/mol. The van der Waals surface area contributed by atoms with Gasteiger partial charge in [0.05, 0.1) is 12.4 Å². The molecule has 1 aromatic rings. The molecule has 2 unspecified atom stereocenters. The van der Waals surface area contributed by atoms with Gasteiger partial charge in [-0.1, -0.05) is 6.92 Å². The van der Waals surface area contributed by atoms with E-state index in [4.69, 9.17) is 5.73 Å². The third-order valence-corrected chi connectivity index (χ3v) is 2.21. The fourth-order valence-electron chi connectivity index (χ4n) is 1.41. The highest BCUT2D eigenvalue weighted by atomic mass is 16.1. The molecule has 0 aliphatic heterocycles. The van der Waals surface area contributed by atoms with Gasteiger partial charge in [0, 0.05) is 12.4 Å². The number of carbonyl (C=O) groups excluding carboxylic acids is 1. The number of likely N-dealkylation sites (N-methyl/N-ethyl adjacent to an activating group) is 1. The Morgan fingerprint density at radius 3 is 2.86 bits per heavy atom. The lowest BCUT2D eigenvalue weighted by Crippen LogP contribution is -2.46. The standard InChI is InChI=1S/C9H16N4O/c1-3-12-8(9(10)14)7(2)13-5-4-11-6-13/h4-8,12H,3H2,1-2H3,(H2,10,14). The second-order valence-corrected chi connectivity index (χ2v) is 3.19. The van der Waals surface area contributed by atoms with Crippen molar-refractivity contribution in [1.29, 1.82) is 0 Å². The van der Waals surface area contributed by atoms with E-state index >= 15 is 0 Å². The first-order valence-electron chi connectivity index (χ1n) is 4.67. The highest BCUT2D eigenvalue weighted by Gasteiger charge is 2.22. The van der Waals surface area contributed by atoms with Gasteiger partial charge < -0.3 is 15.6 Å². The first-order chi connectivity index (χ1) is 6.66. The lowest BCUT2D eigenvalue weighted by Gasteiger charge is -2.22. The van der Waals surface area contributed by atoms with Crippen molar-refractivity contribution in [2.45, 2.75) is 25.9 Å². The summed E-state index contributed by atoms with van der Waals surface area (Å²) in [7, 11) is 0. The number of rotatable bonds is 5. The number of hydrogen-bond acceptors (Lipinski definition) is 3. The second kappa shape index (κ2) is 4.76. The highest BCUT2D eigenvalue weighted by Crippen LogP contribution is 2.09. The molecule has 5 nitrogen and oxygen atoms in total. The molecule has 0 fully saturated rings. The fourth-order valence-corrected chi connectivity index (χ4v) is 1.41. The summed E-state index contributed by atoms with van der Waals surface area (Å²) in [6, 6.07) is -0.371. The van der Waals surface area contributed by atoms with Gasteiger partial charge in [0.15, 0.2) is 0 Å². The Morgan fingerprint density at radius 1 is 1.71 bits per heavy atom. The summed E-state index contributed by atoms with van der Waals surface area (Å²) >= 11 is 0. The molecule has 0 aromatic carbocycles. The van der Waals surface area contributed by atoms with E-state index in [1.54, 1.807) is 12.5 Å². The molecule has 0 saturated carbocycles. The van der Waals surface area contributed by atoms with Crippen molar-refractivity contribution in [3.63, 3.8) is 0 Å². The zero-order valence-electron chi connectivity index (χ0n) is 8.47. The van der Waals surface area contributed by atoms with Crippen LogP contribution in [0.1, 0.15) is 19.9 Å². The molecule has 14 heavy (non-hydrogen) atoms. The first-order valence-corrected chi connectivity index (χ1v) is 4.67. The monoisotopic (exact) mass is 196 g/mol. The maximum Gasteiger partial charge on any atom is 0.236 e. The van der Waals surface area contributed by atoms with E-state index < -0.39 is 0 Å². The summed E-state index contributed by atoms with van der Waals surface area (Å²) in [4.78, 5) is 15.1. The number of nitrogens with zero attached hydrogens (tertiary/aromatic N) is 2. The van der Waals surface area contributed by atoms with Crippen molar-refractivity contribution in [3.8, 4) is 0 Å². The van der Waals surface area contributed by atoms with E-state index in [0.717, 1.165) is 0 Å². The van der Waals surface area contributed by atoms with Crippen molar-refractivity contribution in [2.75, 3.05) is 6.54 Å².